The second-order valence-corrected chi connectivity index (χ2v) is 6.01. The van der Waals surface area contributed by atoms with Gasteiger partial charge in [-0.25, -0.2) is 4.79 Å². The highest BCUT2D eigenvalue weighted by molar-refractivity contribution is 6.16. The van der Waals surface area contributed by atoms with Crippen LogP contribution in [0.4, 0.5) is 4.79 Å². The first-order valence-corrected chi connectivity index (χ1v) is 7.53. The van der Waals surface area contributed by atoms with Gasteiger partial charge in [-0.05, 0) is 25.7 Å². The Balaban J connectivity index is 1.72. The lowest BCUT2D eigenvalue weighted by Crippen LogP contribution is -2.61. The Morgan fingerprint density at radius 1 is 1.15 bits per heavy atom. The maximum atomic E-state index is 12.4. The Bertz CT molecular complexity index is 447. The summed E-state index contributed by atoms with van der Waals surface area (Å²) in [6, 6.07) is 0.0431. The topological polar surface area (TPSA) is 69.7 Å². The van der Waals surface area contributed by atoms with Gasteiger partial charge in [0.05, 0.1) is 6.04 Å². The first-order valence-electron chi connectivity index (χ1n) is 7.53. The van der Waals surface area contributed by atoms with Gasteiger partial charge in [-0.15, -0.1) is 0 Å². The standard InChI is InChI=1S/C14H21N3O3/c1-2-3-11-12(18)15-14(20)17(13(11)19)10-6-7-16(8-10)9-4-5-9/h9-11H,2-8H2,1H3,(H,15,18,20). The van der Waals surface area contributed by atoms with E-state index >= 15 is 0 Å². The van der Waals surface area contributed by atoms with E-state index in [9.17, 15) is 14.4 Å². The van der Waals surface area contributed by atoms with Gasteiger partial charge >= 0.3 is 6.03 Å². The molecule has 2 atom stereocenters. The van der Waals surface area contributed by atoms with Crippen molar-refractivity contribution in [2.75, 3.05) is 13.1 Å². The minimum Gasteiger partial charge on any atom is -0.298 e. The molecule has 6 heteroatoms. The number of nitrogens with zero attached hydrogens (tertiary/aromatic N) is 2. The van der Waals surface area contributed by atoms with Gasteiger partial charge in [0.15, 0.2) is 0 Å². The molecule has 0 aromatic carbocycles. The third kappa shape index (κ3) is 2.32. The second kappa shape index (κ2) is 5.16. The van der Waals surface area contributed by atoms with Crippen LogP contribution >= 0.6 is 0 Å². The number of hydrogen-bond acceptors (Lipinski definition) is 4. The number of amides is 4. The number of rotatable bonds is 4. The summed E-state index contributed by atoms with van der Waals surface area (Å²) >= 11 is 0. The molecule has 20 heavy (non-hydrogen) atoms. The highest BCUT2D eigenvalue weighted by Crippen LogP contribution is 2.32. The highest BCUT2D eigenvalue weighted by Gasteiger charge is 2.46. The van der Waals surface area contributed by atoms with Crippen LogP contribution in [0.5, 0.6) is 0 Å². The number of hydrogen-bond donors (Lipinski definition) is 1. The summed E-state index contributed by atoms with van der Waals surface area (Å²) in [6.45, 7) is 3.64. The van der Waals surface area contributed by atoms with E-state index in [1.165, 1.54) is 17.7 Å². The van der Waals surface area contributed by atoms with Crippen molar-refractivity contribution in [3.63, 3.8) is 0 Å². The zero-order valence-electron chi connectivity index (χ0n) is 11.8. The molecule has 0 radical (unpaired) electrons. The Kier molecular flexibility index (Phi) is 3.50. The van der Waals surface area contributed by atoms with E-state index in [0.717, 1.165) is 25.9 Å². The van der Waals surface area contributed by atoms with Crippen LogP contribution in [0.3, 0.4) is 0 Å². The van der Waals surface area contributed by atoms with Crippen LogP contribution in [0.15, 0.2) is 0 Å². The predicted molar refractivity (Wildman–Crippen MR) is 71.8 cm³/mol. The fourth-order valence-corrected chi connectivity index (χ4v) is 3.27. The smallest absolute Gasteiger partial charge is 0.298 e. The quantitative estimate of drug-likeness (QED) is 0.770. The van der Waals surface area contributed by atoms with Crippen LogP contribution in [0, 0.1) is 5.92 Å². The normalized spacial score (nSPS) is 31.9. The first kappa shape index (κ1) is 13.5. The van der Waals surface area contributed by atoms with Crippen LogP contribution < -0.4 is 5.32 Å². The molecule has 3 fully saturated rings. The molecule has 1 N–H and O–H groups in total. The molecule has 2 aliphatic heterocycles. The van der Waals surface area contributed by atoms with Crippen molar-refractivity contribution in [1.82, 2.24) is 15.1 Å². The number of barbiturate groups is 1. The monoisotopic (exact) mass is 279 g/mol. The average molecular weight is 279 g/mol. The number of imide groups is 2. The van der Waals surface area contributed by atoms with Gasteiger partial charge in [-0.1, -0.05) is 13.3 Å². The number of carbonyl (C=O) groups is 3. The SMILES string of the molecule is CCCC1C(=O)NC(=O)N(C2CCN(C3CC3)C2)C1=O. The van der Waals surface area contributed by atoms with E-state index in [2.05, 4.69) is 10.2 Å². The van der Waals surface area contributed by atoms with Crippen LogP contribution in [-0.4, -0.2) is 52.8 Å². The summed E-state index contributed by atoms with van der Waals surface area (Å²) in [6.07, 6.45) is 4.54. The van der Waals surface area contributed by atoms with Crippen molar-refractivity contribution in [2.24, 2.45) is 5.92 Å². The molecule has 1 saturated carbocycles. The molecule has 4 amide bonds. The molecule has 0 bridgehead atoms. The van der Waals surface area contributed by atoms with E-state index in [0.29, 0.717) is 12.5 Å². The fourth-order valence-electron chi connectivity index (χ4n) is 3.27. The van der Waals surface area contributed by atoms with E-state index in [-0.39, 0.29) is 11.9 Å². The number of nitrogens with one attached hydrogen (secondary N) is 1. The van der Waals surface area contributed by atoms with Crippen LogP contribution in [0.2, 0.25) is 0 Å². The van der Waals surface area contributed by atoms with E-state index in [4.69, 9.17) is 0 Å². The summed E-state index contributed by atoms with van der Waals surface area (Å²) in [4.78, 5) is 39.9. The van der Waals surface area contributed by atoms with Gasteiger partial charge < -0.3 is 0 Å². The van der Waals surface area contributed by atoms with E-state index in [1.54, 1.807) is 0 Å². The zero-order valence-corrected chi connectivity index (χ0v) is 11.8. The van der Waals surface area contributed by atoms with Crippen molar-refractivity contribution in [2.45, 2.75) is 51.1 Å². The maximum absolute atomic E-state index is 12.4. The van der Waals surface area contributed by atoms with Gasteiger partial charge in [0.25, 0.3) is 0 Å². The van der Waals surface area contributed by atoms with Crippen molar-refractivity contribution in [3.05, 3.63) is 0 Å². The molecular weight excluding hydrogens is 258 g/mol. The minimum absolute atomic E-state index is 0.0736. The van der Waals surface area contributed by atoms with Crippen molar-refractivity contribution in [1.29, 1.82) is 0 Å². The summed E-state index contributed by atoms with van der Waals surface area (Å²) in [5.74, 6) is -1.42. The van der Waals surface area contributed by atoms with E-state index < -0.39 is 17.9 Å². The van der Waals surface area contributed by atoms with Crippen molar-refractivity contribution in [3.8, 4) is 0 Å². The molecule has 2 unspecified atom stereocenters. The molecule has 2 saturated heterocycles. The lowest BCUT2D eigenvalue weighted by molar-refractivity contribution is -0.144. The van der Waals surface area contributed by atoms with Gasteiger partial charge in [-0.3, -0.25) is 24.7 Å². The molecule has 1 aliphatic carbocycles. The summed E-state index contributed by atoms with van der Waals surface area (Å²) in [5.41, 5.74) is 0. The fraction of sp³-hybridized carbons (Fsp3) is 0.786. The molecule has 3 aliphatic rings. The molecule has 6 nitrogen and oxygen atoms in total. The highest BCUT2D eigenvalue weighted by atomic mass is 16.2. The summed E-state index contributed by atoms with van der Waals surface area (Å²) < 4.78 is 0. The van der Waals surface area contributed by atoms with Gasteiger partial charge in [-0.2, -0.15) is 0 Å². The molecule has 0 aromatic heterocycles. The Labute approximate surface area is 118 Å². The summed E-state index contributed by atoms with van der Waals surface area (Å²) in [5, 5.41) is 2.34. The van der Waals surface area contributed by atoms with Gasteiger partial charge in [0.1, 0.15) is 5.92 Å². The third-order valence-corrected chi connectivity index (χ3v) is 4.50. The van der Waals surface area contributed by atoms with Crippen molar-refractivity contribution < 1.29 is 14.4 Å². The molecule has 110 valence electrons. The zero-order chi connectivity index (χ0) is 14.3. The van der Waals surface area contributed by atoms with Gasteiger partial charge in [0, 0.05) is 19.1 Å². The second-order valence-electron chi connectivity index (χ2n) is 6.01. The lowest BCUT2D eigenvalue weighted by atomic mass is 9.98. The predicted octanol–water partition coefficient (Wildman–Crippen LogP) is 0.718. The Morgan fingerprint density at radius 2 is 1.90 bits per heavy atom. The minimum atomic E-state index is -0.687. The molecule has 2 heterocycles. The third-order valence-electron chi connectivity index (χ3n) is 4.50. The molecule has 0 aromatic rings. The van der Waals surface area contributed by atoms with Crippen LogP contribution in [0.25, 0.3) is 0 Å². The number of likely N-dealkylation sites (tertiary alicyclic amines) is 1. The van der Waals surface area contributed by atoms with Crippen molar-refractivity contribution >= 4 is 17.8 Å². The number of carbonyl (C=O) groups excluding carboxylic acids is 3. The maximum Gasteiger partial charge on any atom is 0.331 e. The largest absolute Gasteiger partial charge is 0.331 e. The Morgan fingerprint density at radius 3 is 2.55 bits per heavy atom. The first-order chi connectivity index (χ1) is 9.61. The van der Waals surface area contributed by atoms with E-state index in [1.807, 2.05) is 6.92 Å². The summed E-state index contributed by atoms with van der Waals surface area (Å²) in [7, 11) is 0. The molecule has 3 rings (SSSR count). The van der Waals surface area contributed by atoms with Crippen LogP contribution in [-0.2, 0) is 9.59 Å². The van der Waals surface area contributed by atoms with Crippen LogP contribution in [0.1, 0.15) is 39.0 Å². The molecular formula is C14H21N3O3. The Hall–Kier alpha value is -1.43. The molecule has 0 spiro atoms. The number of urea groups is 1. The average Bonchev–Trinajstić information content (AvgIpc) is 3.14. The lowest BCUT2D eigenvalue weighted by Gasteiger charge is -2.34. The van der Waals surface area contributed by atoms with Gasteiger partial charge in [0.2, 0.25) is 11.8 Å².